The normalized spacial score (nSPS) is 11.9. The fourth-order valence-electron chi connectivity index (χ4n) is 2.39. The maximum Gasteiger partial charge on any atom is 0.271 e. The molecule has 0 fully saturated rings. The second-order valence-corrected chi connectivity index (χ2v) is 7.81. The predicted octanol–water partition coefficient (Wildman–Crippen LogP) is 1.89. The second kappa shape index (κ2) is 6.82. The molecule has 2 aromatic heterocycles. The highest BCUT2D eigenvalue weighted by Crippen LogP contribution is 2.19. The van der Waals surface area contributed by atoms with Gasteiger partial charge in [0.05, 0.1) is 6.54 Å². The number of sulfonamides is 1. The van der Waals surface area contributed by atoms with Gasteiger partial charge in [-0.15, -0.1) is 0 Å². The third-order valence-electron chi connectivity index (χ3n) is 3.78. The molecule has 132 valence electrons. The molecule has 24 heavy (non-hydrogen) atoms. The highest BCUT2D eigenvalue weighted by Gasteiger charge is 2.25. The van der Waals surface area contributed by atoms with Gasteiger partial charge >= 0.3 is 0 Å². The number of nitrogens with one attached hydrogen (secondary N) is 1. The molecule has 0 aliphatic rings. The van der Waals surface area contributed by atoms with E-state index in [1.54, 1.807) is 11.9 Å². The van der Waals surface area contributed by atoms with Crippen LogP contribution in [-0.2, 0) is 23.6 Å². The van der Waals surface area contributed by atoms with E-state index >= 15 is 0 Å². The number of amides is 1. The van der Waals surface area contributed by atoms with Crippen LogP contribution in [0.2, 0.25) is 0 Å². The van der Waals surface area contributed by atoms with Gasteiger partial charge in [0.1, 0.15) is 22.1 Å². The van der Waals surface area contributed by atoms with Crippen LogP contribution < -0.4 is 4.72 Å². The van der Waals surface area contributed by atoms with Crippen molar-refractivity contribution in [3.63, 3.8) is 0 Å². The molecular formula is C16H23N3O4S. The number of rotatable bonds is 6. The van der Waals surface area contributed by atoms with Crippen LogP contribution in [0.1, 0.15) is 35.9 Å². The van der Waals surface area contributed by atoms with Crippen LogP contribution in [-0.4, -0.2) is 36.9 Å². The molecule has 0 saturated carbocycles. The Morgan fingerprint density at radius 3 is 2.54 bits per heavy atom. The molecule has 0 aromatic carbocycles. The van der Waals surface area contributed by atoms with Gasteiger partial charge in [-0.25, -0.2) is 13.1 Å². The lowest BCUT2D eigenvalue weighted by molar-refractivity contribution is 0.0665. The van der Waals surface area contributed by atoms with E-state index in [1.165, 1.54) is 23.9 Å². The molecule has 0 unspecified atom stereocenters. The van der Waals surface area contributed by atoms with E-state index in [9.17, 15) is 13.2 Å². The molecule has 0 spiro atoms. The van der Waals surface area contributed by atoms with Crippen LogP contribution in [0.5, 0.6) is 0 Å². The van der Waals surface area contributed by atoms with Gasteiger partial charge in [-0.3, -0.25) is 4.79 Å². The average molecular weight is 353 g/mol. The molecule has 7 nitrogen and oxygen atoms in total. The monoisotopic (exact) mass is 353 g/mol. The maximum absolute atomic E-state index is 12.9. The number of carbonyl (C=O) groups excluding carboxylic acids is 1. The molecule has 0 aliphatic heterocycles. The molecule has 2 heterocycles. The number of furan rings is 1. The Bertz CT molecular complexity index is 833. The Morgan fingerprint density at radius 1 is 1.38 bits per heavy atom. The van der Waals surface area contributed by atoms with E-state index in [0.29, 0.717) is 18.0 Å². The summed E-state index contributed by atoms with van der Waals surface area (Å²) in [4.78, 5) is 14.6. The first-order valence-corrected chi connectivity index (χ1v) is 9.10. The lowest BCUT2D eigenvalue weighted by Gasteiger charge is -2.26. The first kappa shape index (κ1) is 18.3. The molecule has 2 aromatic rings. The highest BCUT2D eigenvalue weighted by molar-refractivity contribution is 7.89. The zero-order valence-electron chi connectivity index (χ0n) is 14.5. The largest absolute Gasteiger partial charge is 0.464 e. The number of carbonyl (C=O) groups is 1. The van der Waals surface area contributed by atoms with Crippen molar-refractivity contribution in [3.8, 4) is 0 Å². The third-order valence-corrected chi connectivity index (χ3v) is 5.17. The summed E-state index contributed by atoms with van der Waals surface area (Å²) >= 11 is 0. The van der Waals surface area contributed by atoms with Gasteiger partial charge in [-0.2, -0.15) is 0 Å². The number of hydrogen-bond acceptors (Lipinski definition) is 4. The van der Waals surface area contributed by atoms with Crippen molar-refractivity contribution in [2.45, 2.75) is 38.3 Å². The first-order valence-electron chi connectivity index (χ1n) is 7.62. The van der Waals surface area contributed by atoms with E-state index in [2.05, 4.69) is 4.72 Å². The van der Waals surface area contributed by atoms with Crippen molar-refractivity contribution < 1.29 is 17.6 Å². The summed E-state index contributed by atoms with van der Waals surface area (Å²) in [5.41, 5.74) is 0.306. The zero-order valence-corrected chi connectivity index (χ0v) is 15.3. The van der Waals surface area contributed by atoms with Crippen molar-refractivity contribution in [2.24, 2.45) is 7.05 Å². The number of nitrogens with zero attached hydrogens (tertiary/aromatic N) is 2. The van der Waals surface area contributed by atoms with Crippen LogP contribution in [0.4, 0.5) is 0 Å². The molecule has 0 radical (unpaired) electrons. The van der Waals surface area contributed by atoms with Crippen LogP contribution in [0, 0.1) is 6.92 Å². The van der Waals surface area contributed by atoms with E-state index in [4.69, 9.17) is 4.42 Å². The van der Waals surface area contributed by atoms with E-state index in [0.717, 1.165) is 5.76 Å². The highest BCUT2D eigenvalue weighted by atomic mass is 32.2. The smallest absolute Gasteiger partial charge is 0.271 e. The van der Waals surface area contributed by atoms with E-state index in [-0.39, 0.29) is 16.8 Å². The summed E-state index contributed by atoms with van der Waals surface area (Å²) in [5.74, 6) is 1.22. The van der Waals surface area contributed by atoms with Gasteiger partial charge in [0, 0.05) is 19.3 Å². The number of aryl methyl sites for hydroxylation is 2. The van der Waals surface area contributed by atoms with Crippen LogP contribution in [0.15, 0.2) is 33.7 Å². The standard InChI is InChI=1S/C16H23N3O4S/c1-11(2)19(9-13-7-6-12(3)23-13)16(20)15-8-14(10-18(15)5)24(21,22)17-4/h6-8,10-11,17H,9H2,1-5H3. The summed E-state index contributed by atoms with van der Waals surface area (Å²) in [6.07, 6.45) is 1.43. The topological polar surface area (TPSA) is 84.6 Å². The molecule has 1 amide bonds. The van der Waals surface area contributed by atoms with Crippen molar-refractivity contribution in [2.75, 3.05) is 7.05 Å². The predicted molar refractivity (Wildman–Crippen MR) is 90.1 cm³/mol. The maximum atomic E-state index is 12.9. The fraction of sp³-hybridized carbons (Fsp3) is 0.438. The van der Waals surface area contributed by atoms with Crippen molar-refractivity contribution in [1.82, 2.24) is 14.2 Å². The van der Waals surface area contributed by atoms with Crippen molar-refractivity contribution >= 4 is 15.9 Å². The van der Waals surface area contributed by atoms with Gasteiger partial charge in [0.2, 0.25) is 10.0 Å². The third kappa shape index (κ3) is 3.70. The Kier molecular flexibility index (Phi) is 5.19. The van der Waals surface area contributed by atoms with Gasteiger partial charge in [0.25, 0.3) is 5.91 Å². The Labute approximate surface area is 142 Å². The quantitative estimate of drug-likeness (QED) is 0.859. The summed E-state index contributed by atoms with van der Waals surface area (Å²) < 4.78 is 33.2. The van der Waals surface area contributed by atoms with Crippen molar-refractivity contribution in [3.05, 3.63) is 41.6 Å². The molecule has 0 atom stereocenters. The lowest BCUT2D eigenvalue weighted by Crippen LogP contribution is -2.37. The van der Waals surface area contributed by atoms with Crippen LogP contribution in [0.25, 0.3) is 0 Å². The first-order chi connectivity index (χ1) is 11.2. The van der Waals surface area contributed by atoms with Gasteiger partial charge in [-0.1, -0.05) is 0 Å². The molecule has 8 heteroatoms. The Morgan fingerprint density at radius 2 is 2.04 bits per heavy atom. The van der Waals surface area contributed by atoms with Gasteiger partial charge in [-0.05, 0) is 46.0 Å². The van der Waals surface area contributed by atoms with E-state index in [1.807, 2.05) is 32.9 Å². The minimum Gasteiger partial charge on any atom is -0.464 e. The summed E-state index contributed by atoms with van der Waals surface area (Å²) in [6.45, 7) is 5.98. The molecule has 0 bridgehead atoms. The minimum atomic E-state index is -3.59. The minimum absolute atomic E-state index is 0.0633. The van der Waals surface area contributed by atoms with E-state index < -0.39 is 10.0 Å². The summed E-state index contributed by atoms with van der Waals surface area (Å²) in [7, 11) is -0.608. The molecule has 0 saturated heterocycles. The van der Waals surface area contributed by atoms with Gasteiger partial charge < -0.3 is 13.9 Å². The summed E-state index contributed by atoms with van der Waals surface area (Å²) in [6, 6.07) is 5.00. The number of hydrogen-bond donors (Lipinski definition) is 1. The van der Waals surface area contributed by atoms with Gasteiger partial charge in [0.15, 0.2) is 0 Å². The van der Waals surface area contributed by atoms with Crippen LogP contribution >= 0.6 is 0 Å². The molecule has 0 aliphatic carbocycles. The zero-order chi connectivity index (χ0) is 18.1. The molecule has 1 N–H and O–H groups in total. The second-order valence-electron chi connectivity index (χ2n) is 5.92. The molecule has 2 rings (SSSR count). The fourth-order valence-corrected chi connectivity index (χ4v) is 3.19. The Balaban J connectivity index is 2.33. The number of aromatic nitrogens is 1. The van der Waals surface area contributed by atoms with Crippen molar-refractivity contribution in [1.29, 1.82) is 0 Å². The Hall–Kier alpha value is -2.06. The SMILES string of the molecule is CNS(=O)(=O)c1cc(C(=O)N(Cc2ccc(C)o2)C(C)C)n(C)c1. The average Bonchev–Trinajstić information content (AvgIpc) is 3.10. The lowest BCUT2D eigenvalue weighted by atomic mass is 10.2. The summed E-state index contributed by atoms with van der Waals surface area (Å²) in [5, 5.41) is 0. The van der Waals surface area contributed by atoms with Crippen LogP contribution in [0.3, 0.4) is 0 Å². The molecular weight excluding hydrogens is 330 g/mol.